The molecular weight excluding hydrogens is 316 g/mol. The van der Waals surface area contributed by atoms with Gasteiger partial charge in [0.15, 0.2) is 11.8 Å². The fourth-order valence-corrected chi connectivity index (χ4v) is 3.09. The molecule has 7 nitrogen and oxygen atoms in total. The van der Waals surface area contributed by atoms with Crippen LogP contribution >= 0.6 is 0 Å². The van der Waals surface area contributed by atoms with Crippen LogP contribution in [0.1, 0.15) is 58.6 Å². The number of methoxy groups -OCH3 is 1. The average Bonchev–Trinajstić information content (AvgIpc) is 2.78. The number of rotatable bonds is 6. The van der Waals surface area contributed by atoms with Gasteiger partial charge in [-0.2, -0.15) is 0 Å². The van der Waals surface area contributed by atoms with Gasteiger partial charge < -0.3 is 19.9 Å². The number of aryl methyl sites for hydroxylation is 1. The van der Waals surface area contributed by atoms with Crippen LogP contribution in [0.4, 0.5) is 0 Å². The standard InChI is InChI=1S/C18H34N6O/c1-6-19-17(20-12-14(25-5)18(2,3)4)21-13-16-23-22-15-10-8-7-9-11-24(15)16/h14H,6-13H2,1-5H3,(H2,19,20,21). The number of ether oxygens (including phenoxy) is 1. The van der Waals surface area contributed by atoms with Crippen LogP contribution in [0.25, 0.3) is 0 Å². The molecule has 0 bridgehead atoms. The van der Waals surface area contributed by atoms with Gasteiger partial charge in [-0.05, 0) is 25.2 Å². The lowest BCUT2D eigenvalue weighted by atomic mass is 9.89. The number of hydrogen-bond acceptors (Lipinski definition) is 4. The van der Waals surface area contributed by atoms with Crippen LogP contribution in [-0.4, -0.2) is 47.0 Å². The molecule has 1 atom stereocenters. The number of guanidine groups is 1. The van der Waals surface area contributed by atoms with Crippen molar-refractivity contribution >= 4 is 5.96 Å². The topological polar surface area (TPSA) is 76.4 Å². The average molecular weight is 351 g/mol. The molecule has 0 saturated heterocycles. The van der Waals surface area contributed by atoms with Crippen LogP contribution in [0.3, 0.4) is 0 Å². The highest BCUT2D eigenvalue weighted by Gasteiger charge is 2.24. The molecule has 25 heavy (non-hydrogen) atoms. The first-order chi connectivity index (χ1) is 12.0. The molecule has 0 aliphatic carbocycles. The van der Waals surface area contributed by atoms with Gasteiger partial charge in [-0.25, -0.2) is 4.99 Å². The van der Waals surface area contributed by atoms with E-state index in [4.69, 9.17) is 9.73 Å². The lowest BCUT2D eigenvalue weighted by Crippen LogP contribution is -2.45. The number of hydrogen-bond donors (Lipinski definition) is 2. The Bertz CT molecular complexity index is 560. The highest BCUT2D eigenvalue weighted by atomic mass is 16.5. The molecule has 2 heterocycles. The lowest BCUT2D eigenvalue weighted by Gasteiger charge is -2.30. The van der Waals surface area contributed by atoms with Crippen molar-refractivity contribution < 1.29 is 4.74 Å². The zero-order valence-corrected chi connectivity index (χ0v) is 16.4. The third-order valence-electron chi connectivity index (χ3n) is 4.61. The number of aliphatic imine (C=N–C) groups is 1. The van der Waals surface area contributed by atoms with Gasteiger partial charge in [0.1, 0.15) is 12.4 Å². The van der Waals surface area contributed by atoms with E-state index in [1.165, 1.54) is 19.3 Å². The van der Waals surface area contributed by atoms with Gasteiger partial charge in [0, 0.05) is 33.2 Å². The van der Waals surface area contributed by atoms with Crippen molar-refractivity contribution in [2.75, 3.05) is 20.2 Å². The summed E-state index contributed by atoms with van der Waals surface area (Å²) in [7, 11) is 1.76. The predicted octanol–water partition coefficient (Wildman–Crippen LogP) is 2.12. The van der Waals surface area contributed by atoms with E-state index in [2.05, 4.69) is 53.1 Å². The van der Waals surface area contributed by atoms with Gasteiger partial charge in [-0.15, -0.1) is 10.2 Å². The van der Waals surface area contributed by atoms with Gasteiger partial charge in [-0.3, -0.25) is 0 Å². The fourth-order valence-electron chi connectivity index (χ4n) is 3.09. The van der Waals surface area contributed by atoms with Gasteiger partial charge in [0.2, 0.25) is 0 Å². The van der Waals surface area contributed by atoms with Crippen LogP contribution < -0.4 is 10.6 Å². The minimum Gasteiger partial charge on any atom is -0.379 e. The van der Waals surface area contributed by atoms with Gasteiger partial charge in [0.05, 0.1) is 6.10 Å². The first-order valence-electron chi connectivity index (χ1n) is 9.41. The maximum absolute atomic E-state index is 5.61. The fraction of sp³-hybridized carbons (Fsp3) is 0.833. The van der Waals surface area contributed by atoms with E-state index in [-0.39, 0.29) is 11.5 Å². The summed E-state index contributed by atoms with van der Waals surface area (Å²) in [6.45, 7) is 11.7. The molecule has 2 rings (SSSR count). The van der Waals surface area contributed by atoms with Crippen LogP contribution in [0.15, 0.2) is 4.99 Å². The Kier molecular flexibility index (Phi) is 7.23. The maximum atomic E-state index is 5.61. The number of nitrogens with zero attached hydrogens (tertiary/aromatic N) is 4. The third kappa shape index (κ3) is 5.70. The predicted molar refractivity (Wildman–Crippen MR) is 101 cm³/mol. The molecule has 0 spiro atoms. The monoisotopic (exact) mass is 350 g/mol. The summed E-state index contributed by atoms with van der Waals surface area (Å²) in [5, 5.41) is 15.4. The Labute approximate surface area is 151 Å². The van der Waals surface area contributed by atoms with Crippen molar-refractivity contribution in [2.45, 2.75) is 72.6 Å². The molecule has 0 saturated carbocycles. The summed E-state index contributed by atoms with van der Waals surface area (Å²) in [6, 6.07) is 0. The van der Waals surface area contributed by atoms with Crippen molar-refractivity contribution in [3.8, 4) is 0 Å². The van der Waals surface area contributed by atoms with Gasteiger partial charge >= 0.3 is 0 Å². The van der Waals surface area contributed by atoms with E-state index in [0.717, 1.165) is 37.1 Å². The molecule has 0 radical (unpaired) electrons. The highest BCUT2D eigenvalue weighted by molar-refractivity contribution is 5.79. The van der Waals surface area contributed by atoms with Crippen LogP contribution in [0.2, 0.25) is 0 Å². The summed E-state index contributed by atoms with van der Waals surface area (Å²) in [4.78, 5) is 4.70. The molecule has 1 aromatic heterocycles. The van der Waals surface area contributed by atoms with Crippen LogP contribution in [0.5, 0.6) is 0 Å². The van der Waals surface area contributed by atoms with E-state index in [0.29, 0.717) is 13.1 Å². The maximum Gasteiger partial charge on any atom is 0.191 e. The summed E-state index contributed by atoms with van der Waals surface area (Å²) in [5.74, 6) is 2.85. The number of nitrogens with one attached hydrogen (secondary N) is 2. The Morgan fingerprint density at radius 2 is 2.04 bits per heavy atom. The molecule has 1 aliphatic heterocycles. The van der Waals surface area contributed by atoms with Gasteiger partial charge in [0.25, 0.3) is 0 Å². The van der Waals surface area contributed by atoms with E-state index in [1.54, 1.807) is 7.11 Å². The van der Waals surface area contributed by atoms with E-state index in [1.807, 2.05) is 0 Å². The van der Waals surface area contributed by atoms with Crippen molar-refractivity contribution in [3.05, 3.63) is 11.6 Å². The second-order valence-electron chi connectivity index (χ2n) is 7.66. The lowest BCUT2D eigenvalue weighted by molar-refractivity contribution is 0.0205. The molecule has 1 unspecified atom stereocenters. The number of aromatic nitrogens is 3. The van der Waals surface area contributed by atoms with Crippen molar-refractivity contribution in [1.29, 1.82) is 0 Å². The van der Waals surface area contributed by atoms with Crippen molar-refractivity contribution in [1.82, 2.24) is 25.4 Å². The second-order valence-corrected chi connectivity index (χ2v) is 7.66. The molecular formula is C18H34N6O. The molecule has 0 amide bonds. The van der Waals surface area contributed by atoms with E-state index in [9.17, 15) is 0 Å². The molecule has 1 aromatic rings. The first kappa shape index (κ1) is 19.7. The van der Waals surface area contributed by atoms with E-state index >= 15 is 0 Å². The Hall–Kier alpha value is -1.63. The quantitative estimate of drug-likeness (QED) is 0.607. The number of fused-ring (bicyclic) bond motifs is 1. The molecule has 0 fully saturated rings. The minimum atomic E-state index is 0.0728. The Morgan fingerprint density at radius 3 is 2.72 bits per heavy atom. The zero-order valence-electron chi connectivity index (χ0n) is 16.4. The third-order valence-corrected chi connectivity index (χ3v) is 4.61. The summed E-state index contributed by atoms with van der Waals surface area (Å²) < 4.78 is 7.85. The van der Waals surface area contributed by atoms with Crippen LogP contribution in [0, 0.1) is 5.41 Å². The summed E-state index contributed by atoms with van der Waals surface area (Å²) >= 11 is 0. The summed E-state index contributed by atoms with van der Waals surface area (Å²) in [5.41, 5.74) is 0.0728. The normalized spacial score (nSPS) is 16.9. The van der Waals surface area contributed by atoms with Crippen molar-refractivity contribution in [2.24, 2.45) is 10.4 Å². The van der Waals surface area contributed by atoms with Gasteiger partial charge in [-0.1, -0.05) is 27.2 Å². The van der Waals surface area contributed by atoms with Crippen LogP contribution in [-0.2, 0) is 24.2 Å². The summed E-state index contributed by atoms with van der Waals surface area (Å²) in [6.07, 6.45) is 4.80. The highest BCUT2D eigenvalue weighted by Crippen LogP contribution is 2.21. The molecule has 7 heteroatoms. The Morgan fingerprint density at radius 1 is 1.24 bits per heavy atom. The molecule has 2 N–H and O–H groups in total. The second kappa shape index (κ2) is 9.17. The van der Waals surface area contributed by atoms with Crippen molar-refractivity contribution in [3.63, 3.8) is 0 Å². The van der Waals surface area contributed by atoms with E-state index < -0.39 is 0 Å². The molecule has 0 aromatic carbocycles. The smallest absolute Gasteiger partial charge is 0.191 e. The SMILES string of the molecule is CCNC(=NCc1nnc2n1CCCCC2)NCC(OC)C(C)(C)C. The zero-order chi connectivity index (χ0) is 18.3. The minimum absolute atomic E-state index is 0.0728. The first-order valence-corrected chi connectivity index (χ1v) is 9.41. The molecule has 1 aliphatic rings. The largest absolute Gasteiger partial charge is 0.379 e. The Balaban J connectivity index is 2.01. The molecule has 142 valence electrons.